The molecule has 1 aliphatic heterocycles. The minimum Gasteiger partial charge on any atom is -0.394 e. The van der Waals surface area contributed by atoms with Gasteiger partial charge in [-0.3, -0.25) is 14.3 Å². The van der Waals surface area contributed by atoms with Gasteiger partial charge in [0.15, 0.2) is 0 Å². The van der Waals surface area contributed by atoms with Gasteiger partial charge in [0.1, 0.15) is 12.3 Å². The fraction of sp³-hybridized carbons (Fsp3) is 0.692. The first-order chi connectivity index (χ1) is 10.4. The molecule has 0 aromatic carbocycles. The van der Waals surface area contributed by atoms with E-state index in [1.165, 1.54) is 17.9 Å². The molecule has 1 aromatic rings. The lowest BCUT2D eigenvalue weighted by Gasteiger charge is -2.16. The van der Waals surface area contributed by atoms with Crippen molar-refractivity contribution in [2.45, 2.75) is 31.8 Å². The summed E-state index contributed by atoms with van der Waals surface area (Å²) in [4.78, 5) is 25.5. The molecule has 2 heterocycles. The zero-order valence-corrected chi connectivity index (χ0v) is 12.0. The Balaban J connectivity index is 2.23. The number of nitrogens with one attached hydrogen (secondary N) is 1. The summed E-state index contributed by atoms with van der Waals surface area (Å²) in [6.45, 7) is 1.63. The second-order valence-electron chi connectivity index (χ2n) is 4.75. The number of aromatic nitrogens is 2. The van der Waals surface area contributed by atoms with E-state index in [1.54, 1.807) is 6.92 Å². The van der Waals surface area contributed by atoms with Crippen LogP contribution in [0.5, 0.6) is 0 Å². The Morgan fingerprint density at radius 2 is 2.33 bits per heavy atom. The third-order valence-electron chi connectivity index (χ3n) is 3.25. The monoisotopic (exact) mass is 301 g/mol. The summed E-state index contributed by atoms with van der Waals surface area (Å²) >= 11 is 0. The van der Waals surface area contributed by atoms with E-state index in [9.17, 15) is 14.7 Å². The minimum absolute atomic E-state index is 0.0489. The van der Waals surface area contributed by atoms with E-state index in [0.717, 1.165) is 0 Å². The number of hydrogen-bond donors (Lipinski definition) is 2. The molecule has 0 aliphatic carbocycles. The van der Waals surface area contributed by atoms with E-state index in [2.05, 4.69) is 4.98 Å². The zero-order valence-electron chi connectivity index (χ0n) is 13.0. The predicted molar refractivity (Wildman–Crippen MR) is 73.3 cm³/mol. The molecule has 118 valence electrons. The molecule has 0 saturated carbocycles. The minimum atomic E-state index is -1.48. The van der Waals surface area contributed by atoms with Crippen LogP contribution in [0.1, 0.15) is 19.6 Å². The number of hydrogen-bond acceptors (Lipinski definition) is 6. The van der Waals surface area contributed by atoms with Gasteiger partial charge in [0.2, 0.25) is 0 Å². The number of rotatable bonds is 6. The first kappa shape index (κ1) is 14.5. The van der Waals surface area contributed by atoms with Crippen molar-refractivity contribution >= 4 is 0 Å². The Labute approximate surface area is 122 Å². The van der Waals surface area contributed by atoms with Crippen LogP contribution in [0.2, 0.25) is 0 Å². The summed E-state index contributed by atoms with van der Waals surface area (Å²) in [5.41, 5.74) is -0.739. The molecule has 0 unspecified atom stereocenters. The van der Waals surface area contributed by atoms with Crippen molar-refractivity contribution in [1.29, 1.82) is 0 Å². The van der Waals surface area contributed by atoms with Gasteiger partial charge in [0.25, 0.3) is 5.56 Å². The van der Waals surface area contributed by atoms with Crippen molar-refractivity contribution in [2.75, 3.05) is 26.9 Å². The number of aliphatic hydroxyl groups is 1. The maximum atomic E-state index is 11.9. The molecule has 2 N–H and O–H groups in total. The van der Waals surface area contributed by atoms with Crippen molar-refractivity contribution in [1.82, 2.24) is 9.55 Å². The Kier molecular flexibility index (Phi) is 4.81. The zero-order chi connectivity index (χ0) is 16.3. The fourth-order valence-corrected chi connectivity index (χ4v) is 2.13. The number of ether oxygens (including phenoxy) is 3. The number of nitrogens with zero attached hydrogens (tertiary/aromatic N) is 1. The maximum Gasteiger partial charge on any atom is 0.330 e. The Morgan fingerprint density at radius 3 is 3.00 bits per heavy atom. The Morgan fingerprint density at radius 1 is 1.57 bits per heavy atom. The second kappa shape index (κ2) is 6.99. The summed E-state index contributed by atoms with van der Waals surface area (Å²) in [6.07, 6.45) is -1.75. The molecule has 0 amide bonds. The topological polar surface area (TPSA) is 103 Å². The smallest absolute Gasteiger partial charge is 0.330 e. The molecule has 21 heavy (non-hydrogen) atoms. The summed E-state index contributed by atoms with van der Waals surface area (Å²) in [5, 5.41) is 9.39. The van der Waals surface area contributed by atoms with Gasteiger partial charge in [0.05, 0.1) is 27.3 Å². The first-order valence-corrected chi connectivity index (χ1v) is 6.62. The quantitative estimate of drug-likeness (QED) is 0.664. The number of aromatic amines is 1. The van der Waals surface area contributed by atoms with E-state index < -0.39 is 36.3 Å². The average molecular weight is 301 g/mol. The molecule has 0 bridgehead atoms. The van der Waals surface area contributed by atoms with Crippen LogP contribution in [-0.2, 0) is 14.2 Å². The fourth-order valence-electron chi connectivity index (χ4n) is 2.13. The third kappa shape index (κ3) is 3.59. The lowest BCUT2D eigenvalue weighted by Crippen LogP contribution is -2.33. The van der Waals surface area contributed by atoms with Crippen molar-refractivity contribution in [3.63, 3.8) is 0 Å². The van der Waals surface area contributed by atoms with Crippen molar-refractivity contribution < 1.29 is 20.7 Å². The number of H-pyrrole nitrogens is 1. The van der Waals surface area contributed by atoms with Crippen LogP contribution in [0.4, 0.5) is 0 Å². The maximum absolute atomic E-state index is 11.9. The molecule has 1 saturated heterocycles. The van der Waals surface area contributed by atoms with E-state index in [-0.39, 0.29) is 13.0 Å². The molecule has 1 fully saturated rings. The normalized spacial score (nSPS) is 29.6. The number of aliphatic hydroxyl groups excluding tert-OH is 1. The van der Waals surface area contributed by atoms with E-state index in [1.807, 2.05) is 0 Å². The highest BCUT2D eigenvalue weighted by molar-refractivity contribution is 5.02. The molecule has 8 heteroatoms. The highest BCUT2D eigenvalue weighted by Gasteiger charge is 2.37. The molecule has 1 aliphatic rings. The molecule has 0 radical (unpaired) electrons. The molecule has 1 aromatic heterocycles. The third-order valence-corrected chi connectivity index (χ3v) is 3.25. The largest absolute Gasteiger partial charge is 0.394 e. The van der Waals surface area contributed by atoms with Crippen LogP contribution in [-0.4, -0.2) is 53.8 Å². The van der Waals surface area contributed by atoms with Crippen LogP contribution >= 0.6 is 0 Å². The molecule has 3 atom stereocenters. The predicted octanol–water partition coefficient (Wildman–Crippen LogP) is -0.844. The van der Waals surface area contributed by atoms with Crippen LogP contribution in [0.15, 0.2) is 15.8 Å². The highest BCUT2D eigenvalue weighted by Crippen LogP contribution is 2.29. The lowest BCUT2D eigenvalue weighted by atomic mass is 10.2. The van der Waals surface area contributed by atoms with Gasteiger partial charge in [-0.2, -0.15) is 0 Å². The molecule has 0 spiro atoms. The van der Waals surface area contributed by atoms with E-state index in [0.29, 0.717) is 12.2 Å². The molecule has 2 rings (SSSR count). The summed E-state index contributed by atoms with van der Waals surface area (Å²) in [7, 11) is 1.51. The van der Waals surface area contributed by atoms with E-state index >= 15 is 0 Å². The van der Waals surface area contributed by atoms with Crippen LogP contribution in [0, 0.1) is 6.92 Å². The van der Waals surface area contributed by atoms with Gasteiger partial charge in [-0.05, 0) is 6.92 Å². The first-order valence-electron chi connectivity index (χ1n) is 7.12. The standard InChI is InChI=1S/C13H20N2O6/c1-8-6-15(13(18)14-12(8)17)11-5-9(10(7-16)21-11)20-4-3-19-2/h6,9-11,16H,3-5,7H2,1-2H3,(H,14,17,18)/t9-,10+,11+/m0/s1/i9D. The SMILES string of the molecule is [2H][C@]1(OCCOC)C[C@H](n2cc(C)c(=O)[nH]c2=O)O[C@@H]1CO. The van der Waals surface area contributed by atoms with Crippen LogP contribution in [0.3, 0.4) is 0 Å². The second-order valence-corrected chi connectivity index (χ2v) is 4.75. The lowest BCUT2D eigenvalue weighted by molar-refractivity contribution is -0.0677. The summed E-state index contributed by atoms with van der Waals surface area (Å²) < 4.78 is 25.4. The van der Waals surface area contributed by atoms with Crippen LogP contribution < -0.4 is 11.2 Å². The van der Waals surface area contributed by atoms with Crippen molar-refractivity contribution in [3.05, 3.63) is 32.6 Å². The highest BCUT2D eigenvalue weighted by atomic mass is 16.6. The van der Waals surface area contributed by atoms with Gasteiger partial charge in [0, 0.05) is 25.3 Å². The molecular formula is C13H20N2O6. The summed E-state index contributed by atoms with van der Waals surface area (Å²) in [5.74, 6) is 0. The van der Waals surface area contributed by atoms with Gasteiger partial charge in [-0.25, -0.2) is 4.79 Å². The molecular weight excluding hydrogens is 280 g/mol. The van der Waals surface area contributed by atoms with Gasteiger partial charge < -0.3 is 19.3 Å². The number of aryl methyl sites for hydroxylation is 1. The Hall–Kier alpha value is -1.48. The summed E-state index contributed by atoms with van der Waals surface area (Å²) in [6, 6.07) is 0. The Bertz CT molecular complexity index is 630. The number of methoxy groups -OCH3 is 1. The van der Waals surface area contributed by atoms with E-state index in [4.69, 9.17) is 15.6 Å². The van der Waals surface area contributed by atoms with Gasteiger partial charge in [-0.1, -0.05) is 0 Å². The molecule has 8 nitrogen and oxygen atoms in total. The average Bonchev–Trinajstić information content (AvgIpc) is 2.80. The van der Waals surface area contributed by atoms with Gasteiger partial charge >= 0.3 is 5.69 Å². The van der Waals surface area contributed by atoms with Crippen molar-refractivity contribution in [3.8, 4) is 0 Å². The van der Waals surface area contributed by atoms with Crippen LogP contribution in [0.25, 0.3) is 0 Å². The van der Waals surface area contributed by atoms with Gasteiger partial charge in [-0.15, -0.1) is 0 Å². The van der Waals surface area contributed by atoms with Crippen molar-refractivity contribution in [2.24, 2.45) is 0 Å².